The molecule has 1 saturated carbocycles. The van der Waals surface area contributed by atoms with Gasteiger partial charge in [0.2, 0.25) is 0 Å². The number of nitrogens with one attached hydrogen (secondary N) is 1. The highest BCUT2D eigenvalue weighted by Gasteiger charge is 2.36. The first-order chi connectivity index (χ1) is 8.57. The third-order valence-electron chi connectivity index (χ3n) is 4.25. The molecule has 1 unspecified atom stereocenters. The van der Waals surface area contributed by atoms with E-state index in [0.29, 0.717) is 5.56 Å². The predicted molar refractivity (Wildman–Crippen MR) is 69.4 cm³/mol. The van der Waals surface area contributed by atoms with E-state index in [4.69, 9.17) is 0 Å². The average Bonchev–Trinajstić information content (AvgIpc) is 2.35. The maximum absolute atomic E-state index is 13.9. The van der Waals surface area contributed by atoms with Crippen molar-refractivity contribution in [2.75, 3.05) is 7.05 Å². The van der Waals surface area contributed by atoms with Crippen LogP contribution in [0.5, 0.6) is 0 Å². The third kappa shape index (κ3) is 2.56. The zero-order chi connectivity index (χ0) is 13.2. The monoisotopic (exact) mass is 253 g/mol. The molecule has 0 saturated heterocycles. The molecule has 2 rings (SSSR count). The first-order valence-electron chi connectivity index (χ1n) is 6.69. The van der Waals surface area contributed by atoms with Crippen LogP contribution in [-0.2, 0) is 0 Å². The van der Waals surface area contributed by atoms with E-state index in [1.807, 2.05) is 7.05 Å². The van der Waals surface area contributed by atoms with Crippen molar-refractivity contribution in [3.05, 3.63) is 35.4 Å². The predicted octanol–water partition coefficient (Wildman–Crippen LogP) is 4.20. The van der Waals surface area contributed by atoms with Crippen molar-refractivity contribution in [3.63, 3.8) is 0 Å². The maximum atomic E-state index is 13.9. The summed E-state index contributed by atoms with van der Waals surface area (Å²) in [6.07, 6.45) is 5.72. The minimum Gasteiger partial charge on any atom is -0.312 e. The van der Waals surface area contributed by atoms with Gasteiger partial charge < -0.3 is 5.32 Å². The smallest absolute Gasteiger partial charge is 0.128 e. The Labute approximate surface area is 108 Å². The molecule has 0 spiro atoms. The van der Waals surface area contributed by atoms with Crippen molar-refractivity contribution in [1.82, 2.24) is 5.32 Å². The van der Waals surface area contributed by atoms with Crippen LogP contribution in [0.4, 0.5) is 8.78 Å². The van der Waals surface area contributed by atoms with Crippen LogP contribution in [-0.4, -0.2) is 7.05 Å². The highest BCUT2D eigenvalue weighted by molar-refractivity contribution is 5.24. The second-order valence-corrected chi connectivity index (χ2v) is 5.60. The Morgan fingerprint density at radius 2 is 1.83 bits per heavy atom. The number of halogens is 2. The third-order valence-corrected chi connectivity index (χ3v) is 4.25. The van der Waals surface area contributed by atoms with Gasteiger partial charge in [0.25, 0.3) is 0 Å². The lowest BCUT2D eigenvalue weighted by molar-refractivity contribution is 0.147. The molecule has 0 aliphatic heterocycles. The Bertz CT molecular complexity index is 411. The van der Waals surface area contributed by atoms with Gasteiger partial charge in [-0.2, -0.15) is 0 Å². The highest BCUT2D eigenvalue weighted by atomic mass is 19.1. The molecule has 1 aliphatic carbocycles. The largest absolute Gasteiger partial charge is 0.312 e. The summed E-state index contributed by atoms with van der Waals surface area (Å²) in [5.74, 6) is -0.686. The van der Waals surface area contributed by atoms with Crippen LogP contribution in [0.25, 0.3) is 0 Å². The fraction of sp³-hybridized carbons (Fsp3) is 0.600. The van der Waals surface area contributed by atoms with Crippen LogP contribution >= 0.6 is 0 Å². The van der Waals surface area contributed by atoms with Gasteiger partial charge in [-0.3, -0.25) is 0 Å². The quantitative estimate of drug-likeness (QED) is 0.851. The minimum absolute atomic E-state index is 0.0155. The molecule has 0 heterocycles. The molecule has 1 atom stereocenters. The molecule has 1 aromatic carbocycles. The van der Waals surface area contributed by atoms with Gasteiger partial charge >= 0.3 is 0 Å². The molecular weight excluding hydrogens is 232 g/mol. The van der Waals surface area contributed by atoms with E-state index in [1.165, 1.54) is 37.5 Å². The number of hydrogen-bond acceptors (Lipinski definition) is 1. The van der Waals surface area contributed by atoms with Gasteiger partial charge in [0, 0.05) is 11.6 Å². The molecular formula is C15H21F2N. The van der Waals surface area contributed by atoms with Gasteiger partial charge in [-0.15, -0.1) is 0 Å². The zero-order valence-electron chi connectivity index (χ0n) is 11.1. The molecule has 0 radical (unpaired) electrons. The number of hydrogen-bond donors (Lipinski definition) is 1. The molecule has 0 aromatic heterocycles. The lowest BCUT2D eigenvalue weighted by Gasteiger charge is -2.41. The fourth-order valence-corrected chi connectivity index (χ4v) is 3.26. The molecule has 1 fully saturated rings. The SMILES string of the molecule is CNC(c1cc(F)ccc1F)C1(C)CCCCC1. The number of rotatable bonds is 3. The van der Waals surface area contributed by atoms with Gasteiger partial charge in [-0.1, -0.05) is 26.2 Å². The van der Waals surface area contributed by atoms with Crippen LogP contribution in [0.15, 0.2) is 18.2 Å². The van der Waals surface area contributed by atoms with E-state index in [-0.39, 0.29) is 23.1 Å². The lowest BCUT2D eigenvalue weighted by Crippen LogP contribution is -2.36. The Hall–Kier alpha value is -0.960. The van der Waals surface area contributed by atoms with Crippen LogP contribution < -0.4 is 5.32 Å². The molecule has 1 aromatic rings. The Balaban J connectivity index is 2.35. The number of benzene rings is 1. The molecule has 1 aliphatic rings. The van der Waals surface area contributed by atoms with Crippen molar-refractivity contribution in [2.45, 2.75) is 45.1 Å². The van der Waals surface area contributed by atoms with Crippen LogP contribution in [0.1, 0.15) is 50.6 Å². The van der Waals surface area contributed by atoms with Gasteiger partial charge in [-0.05, 0) is 43.5 Å². The first-order valence-corrected chi connectivity index (χ1v) is 6.69. The first kappa shape index (κ1) is 13.5. The Kier molecular flexibility index (Phi) is 4.00. The van der Waals surface area contributed by atoms with E-state index in [9.17, 15) is 8.78 Å². The molecule has 1 N–H and O–H groups in total. The van der Waals surface area contributed by atoms with E-state index < -0.39 is 0 Å². The zero-order valence-corrected chi connectivity index (χ0v) is 11.1. The topological polar surface area (TPSA) is 12.0 Å². The van der Waals surface area contributed by atoms with Gasteiger partial charge in [0.1, 0.15) is 11.6 Å². The molecule has 18 heavy (non-hydrogen) atoms. The van der Waals surface area contributed by atoms with E-state index in [2.05, 4.69) is 12.2 Å². The molecule has 3 heteroatoms. The summed E-state index contributed by atoms with van der Waals surface area (Å²) < 4.78 is 27.3. The normalized spacial score (nSPS) is 20.7. The summed E-state index contributed by atoms with van der Waals surface area (Å²) in [5, 5.41) is 3.19. The van der Waals surface area contributed by atoms with Gasteiger partial charge in [0.05, 0.1) is 0 Å². The van der Waals surface area contributed by atoms with E-state index in [0.717, 1.165) is 12.8 Å². The van der Waals surface area contributed by atoms with Gasteiger partial charge in [-0.25, -0.2) is 8.78 Å². The van der Waals surface area contributed by atoms with Crippen molar-refractivity contribution in [2.24, 2.45) is 5.41 Å². The molecule has 0 amide bonds. The lowest BCUT2D eigenvalue weighted by atomic mass is 9.68. The summed E-state index contributed by atoms with van der Waals surface area (Å²) in [4.78, 5) is 0. The molecule has 1 nitrogen and oxygen atoms in total. The standard InChI is InChI=1S/C15H21F2N/c1-15(8-4-3-5-9-15)14(18-2)12-10-11(16)6-7-13(12)17/h6-7,10,14,18H,3-5,8-9H2,1-2H3. The van der Waals surface area contributed by atoms with E-state index >= 15 is 0 Å². The summed E-state index contributed by atoms with van der Waals surface area (Å²) in [6.45, 7) is 2.18. The Morgan fingerprint density at radius 3 is 2.44 bits per heavy atom. The van der Waals surface area contributed by atoms with Crippen LogP contribution in [0.3, 0.4) is 0 Å². The second kappa shape index (κ2) is 5.35. The maximum Gasteiger partial charge on any atom is 0.128 e. The van der Waals surface area contributed by atoms with Crippen molar-refractivity contribution in [1.29, 1.82) is 0 Å². The second-order valence-electron chi connectivity index (χ2n) is 5.60. The molecule has 0 bridgehead atoms. The van der Waals surface area contributed by atoms with Crippen LogP contribution in [0.2, 0.25) is 0 Å². The molecule has 100 valence electrons. The van der Waals surface area contributed by atoms with Crippen molar-refractivity contribution >= 4 is 0 Å². The summed E-state index contributed by atoms with van der Waals surface area (Å²) >= 11 is 0. The summed E-state index contributed by atoms with van der Waals surface area (Å²) in [5.41, 5.74) is 0.476. The van der Waals surface area contributed by atoms with Crippen LogP contribution in [0, 0.1) is 17.0 Å². The fourth-order valence-electron chi connectivity index (χ4n) is 3.26. The Morgan fingerprint density at radius 1 is 1.17 bits per heavy atom. The van der Waals surface area contributed by atoms with Crippen molar-refractivity contribution < 1.29 is 8.78 Å². The highest BCUT2D eigenvalue weighted by Crippen LogP contribution is 2.46. The average molecular weight is 253 g/mol. The summed E-state index contributed by atoms with van der Waals surface area (Å²) in [6, 6.07) is 3.61. The van der Waals surface area contributed by atoms with Crippen molar-refractivity contribution in [3.8, 4) is 0 Å². The minimum atomic E-state index is -0.369. The van der Waals surface area contributed by atoms with E-state index in [1.54, 1.807) is 0 Å². The summed E-state index contributed by atoms with van der Waals surface area (Å²) in [7, 11) is 1.83. The van der Waals surface area contributed by atoms with Gasteiger partial charge in [0.15, 0.2) is 0 Å².